The number of carbonyl (C=O) groups is 1. The van der Waals surface area contributed by atoms with Gasteiger partial charge in [0.05, 0.1) is 18.1 Å². The van der Waals surface area contributed by atoms with E-state index in [1.807, 2.05) is 39.0 Å². The molecule has 0 aliphatic heterocycles. The number of benzene rings is 1. The molecule has 0 radical (unpaired) electrons. The highest BCUT2D eigenvalue weighted by molar-refractivity contribution is 5.84. The van der Waals surface area contributed by atoms with Crippen LogP contribution < -0.4 is 5.73 Å². The first-order valence-corrected chi connectivity index (χ1v) is 6.03. The fourth-order valence-corrected chi connectivity index (χ4v) is 1.67. The number of nitrogens with zero attached hydrogens (tertiary/aromatic N) is 1. The minimum Gasteiger partial charge on any atom is -0.399 e. The largest absolute Gasteiger partial charge is 0.399 e. The molecule has 0 heterocycles. The molecular formula is C14H22N2O2. The Morgan fingerprint density at radius 2 is 2.11 bits per heavy atom. The van der Waals surface area contributed by atoms with Crippen LogP contribution >= 0.6 is 0 Å². The molecule has 1 aromatic rings. The number of likely N-dealkylation sites (N-methyl/N-ethyl adjacent to an activating group) is 1. The fourth-order valence-electron chi connectivity index (χ4n) is 1.67. The van der Waals surface area contributed by atoms with Gasteiger partial charge in [-0.25, -0.2) is 0 Å². The molecule has 0 aromatic heterocycles. The molecule has 1 amide bonds. The second-order valence-electron chi connectivity index (χ2n) is 5.26. The van der Waals surface area contributed by atoms with Crippen LogP contribution in [0.5, 0.6) is 0 Å². The minimum absolute atomic E-state index is 0.0281. The Hall–Kier alpha value is -1.55. The predicted molar refractivity (Wildman–Crippen MR) is 73.2 cm³/mol. The molecule has 0 saturated heterocycles. The predicted octanol–water partition coefficient (Wildman–Crippen LogP) is 1.60. The molecule has 0 spiro atoms. The molecule has 1 rings (SSSR count). The molecule has 0 fully saturated rings. The van der Waals surface area contributed by atoms with Crippen molar-refractivity contribution in [3.8, 4) is 0 Å². The van der Waals surface area contributed by atoms with Crippen molar-refractivity contribution in [3.05, 3.63) is 29.8 Å². The van der Waals surface area contributed by atoms with Crippen molar-refractivity contribution in [2.24, 2.45) is 0 Å². The van der Waals surface area contributed by atoms with Crippen LogP contribution in [0.3, 0.4) is 0 Å². The van der Waals surface area contributed by atoms with E-state index in [9.17, 15) is 9.90 Å². The molecule has 1 atom stereocenters. The second kappa shape index (κ2) is 5.40. The molecule has 4 nitrogen and oxygen atoms in total. The zero-order valence-electron chi connectivity index (χ0n) is 11.5. The fraction of sp³-hybridized carbons (Fsp3) is 0.500. The minimum atomic E-state index is -0.564. The van der Waals surface area contributed by atoms with Gasteiger partial charge >= 0.3 is 0 Å². The molecule has 18 heavy (non-hydrogen) atoms. The van der Waals surface area contributed by atoms with Crippen molar-refractivity contribution < 1.29 is 9.90 Å². The molecule has 100 valence electrons. The zero-order chi connectivity index (χ0) is 13.9. The molecule has 1 unspecified atom stereocenters. The summed E-state index contributed by atoms with van der Waals surface area (Å²) in [7, 11) is 1.71. The van der Waals surface area contributed by atoms with Crippen molar-refractivity contribution in [2.45, 2.75) is 32.2 Å². The average Bonchev–Trinajstić information content (AvgIpc) is 2.36. The van der Waals surface area contributed by atoms with E-state index in [4.69, 9.17) is 5.73 Å². The van der Waals surface area contributed by atoms with E-state index in [0.29, 0.717) is 5.69 Å². The Balaban J connectivity index is 2.91. The molecule has 0 bridgehead atoms. The summed E-state index contributed by atoms with van der Waals surface area (Å²) in [5.41, 5.74) is 6.69. The zero-order valence-corrected chi connectivity index (χ0v) is 11.5. The third kappa shape index (κ3) is 3.01. The van der Waals surface area contributed by atoms with Crippen molar-refractivity contribution in [1.82, 2.24) is 4.90 Å². The van der Waals surface area contributed by atoms with Crippen molar-refractivity contribution in [1.29, 1.82) is 0 Å². The lowest BCUT2D eigenvalue weighted by Crippen LogP contribution is -2.49. The van der Waals surface area contributed by atoms with Crippen LogP contribution in [-0.2, 0) is 4.79 Å². The van der Waals surface area contributed by atoms with Gasteiger partial charge in [0.1, 0.15) is 0 Å². The monoisotopic (exact) mass is 250 g/mol. The Morgan fingerprint density at radius 3 is 2.61 bits per heavy atom. The first-order chi connectivity index (χ1) is 8.29. The lowest BCUT2D eigenvalue weighted by Gasteiger charge is -2.35. The van der Waals surface area contributed by atoms with E-state index < -0.39 is 5.54 Å². The van der Waals surface area contributed by atoms with Gasteiger partial charge in [-0.2, -0.15) is 0 Å². The molecular weight excluding hydrogens is 228 g/mol. The van der Waals surface area contributed by atoms with Gasteiger partial charge in [0.2, 0.25) is 5.91 Å². The van der Waals surface area contributed by atoms with Gasteiger partial charge in [-0.3, -0.25) is 4.79 Å². The smallest absolute Gasteiger partial charge is 0.230 e. The number of carbonyl (C=O) groups excluding carboxylic acids is 1. The van der Waals surface area contributed by atoms with Gasteiger partial charge < -0.3 is 15.7 Å². The Kier molecular flexibility index (Phi) is 4.35. The van der Waals surface area contributed by atoms with Gasteiger partial charge in [0.25, 0.3) is 0 Å². The van der Waals surface area contributed by atoms with E-state index in [2.05, 4.69) is 0 Å². The van der Waals surface area contributed by atoms with Crippen LogP contribution in [0.4, 0.5) is 5.69 Å². The van der Waals surface area contributed by atoms with Crippen LogP contribution in [0.1, 0.15) is 32.3 Å². The van der Waals surface area contributed by atoms with Crippen LogP contribution in [0, 0.1) is 0 Å². The summed E-state index contributed by atoms with van der Waals surface area (Å²) in [5.74, 6) is -0.302. The van der Waals surface area contributed by atoms with E-state index >= 15 is 0 Å². The topological polar surface area (TPSA) is 66.6 Å². The van der Waals surface area contributed by atoms with E-state index in [1.165, 1.54) is 0 Å². The maximum absolute atomic E-state index is 12.3. The van der Waals surface area contributed by atoms with E-state index in [1.54, 1.807) is 18.0 Å². The van der Waals surface area contributed by atoms with Crippen LogP contribution in [0.25, 0.3) is 0 Å². The van der Waals surface area contributed by atoms with Crippen molar-refractivity contribution >= 4 is 11.6 Å². The highest BCUT2D eigenvalue weighted by atomic mass is 16.3. The average molecular weight is 250 g/mol. The van der Waals surface area contributed by atoms with Crippen LogP contribution in [0.15, 0.2) is 24.3 Å². The number of nitrogens with two attached hydrogens (primary N) is 1. The van der Waals surface area contributed by atoms with Gasteiger partial charge in [-0.15, -0.1) is 0 Å². The van der Waals surface area contributed by atoms with Gasteiger partial charge in [-0.05, 0) is 38.5 Å². The number of hydrogen-bond donors (Lipinski definition) is 2. The summed E-state index contributed by atoms with van der Waals surface area (Å²) in [5, 5.41) is 9.30. The standard InChI is InChI=1S/C14H22N2O2/c1-10(11-6-5-7-12(15)8-11)13(18)16(4)14(2,3)9-17/h5-8,10,17H,9,15H2,1-4H3. The lowest BCUT2D eigenvalue weighted by atomic mass is 9.96. The molecule has 1 aromatic carbocycles. The molecule has 0 saturated carbocycles. The van der Waals surface area contributed by atoms with Crippen molar-refractivity contribution in [2.75, 3.05) is 19.4 Å². The summed E-state index contributed by atoms with van der Waals surface area (Å²) in [4.78, 5) is 13.9. The molecule has 0 aliphatic carbocycles. The summed E-state index contributed by atoms with van der Waals surface area (Å²) in [6.07, 6.45) is 0. The number of hydrogen-bond acceptors (Lipinski definition) is 3. The first-order valence-electron chi connectivity index (χ1n) is 6.03. The molecule has 0 aliphatic rings. The number of aliphatic hydroxyl groups is 1. The Morgan fingerprint density at radius 1 is 1.50 bits per heavy atom. The third-order valence-electron chi connectivity index (χ3n) is 3.41. The quantitative estimate of drug-likeness (QED) is 0.798. The van der Waals surface area contributed by atoms with E-state index in [-0.39, 0.29) is 18.4 Å². The maximum Gasteiger partial charge on any atom is 0.230 e. The highest BCUT2D eigenvalue weighted by Gasteiger charge is 2.30. The molecule has 4 heteroatoms. The maximum atomic E-state index is 12.3. The summed E-state index contributed by atoms with van der Waals surface area (Å²) in [6, 6.07) is 7.33. The first kappa shape index (κ1) is 14.5. The highest BCUT2D eigenvalue weighted by Crippen LogP contribution is 2.23. The van der Waals surface area contributed by atoms with Crippen LogP contribution in [0.2, 0.25) is 0 Å². The number of amides is 1. The van der Waals surface area contributed by atoms with E-state index in [0.717, 1.165) is 5.56 Å². The van der Waals surface area contributed by atoms with Gasteiger partial charge in [0.15, 0.2) is 0 Å². The number of anilines is 1. The second-order valence-corrected chi connectivity index (χ2v) is 5.26. The van der Waals surface area contributed by atoms with Crippen LogP contribution in [-0.4, -0.2) is 35.1 Å². The Labute approximate surface area is 108 Å². The summed E-state index contributed by atoms with van der Waals surface area (Å²) in [6.45, 7) is 5.44. The number of nitrogen functional groups attached to an aromatic ring is 1. The normalized spacial score (nSPS) is 13.2. The SMILES string of the molecule is CC(C(=O)N(C)C(C)(C)CO)c1cccc(N)c1. The molecule has 3 N–H and O–H groups in total. The van der Waals surface area contributed by atoms with Gasteiger partial charge in [0, 0.05) is 12.7 Å². The third-order valence-corrected chi connectivity index (χ3v) is 3.41. The number of rotatable bonds is 4. The van der Waals surface area contributed by atoms with Crippen molar-refractivity contribution in [3.63, 3.8) is 0 Å². The summed E-state index contributed by atoms with van der Waals surface area (Å²) >= 11 is 0. The van der Waals surface area contributed by atoms with Gasteiger partial charge in [-0.1, -0.05) is 12.1 Å². The Bertz CT molecular complexity index is 430. The lowest BCUT2D eigenvalue weighted by molar-refractivity contribution is -0.137. The number of aliphatic hydroxyl groups excluding tert-OH is 1. The summed E-state index contributed by atoms with van der Waals surface area (Å²) < 4.78 is 0.